The molecule has 1 aromatic heterocycles. The first kappa shape index (κ1) is 13.7. The van der Waals surface area contributed by atoms with Crippen LogP contribution in [0, 0.1) is 15.9 Å². The van der Waals surface area contributed by atoms with Crippen molar-refractivity contribution in [1.29, 1.82) is 0 Å². The van der Waals surface area contributed by atoms with E-state index >= 15 is 0 Å². The first-order valence-electron chi connectivity index (χ1n) is 5.72. The Morgan fingerprint density at radius 2 is 2.30 bits per heavy atom. The number of rotatable bonds is 4. The molecule has 0 aliphatic carbocycles. The van der Waals surface area contributed by atoms with Gasteiger partial charge in [-0.1, -0.05) is 0 Å². The molecule has 1 heterocycles. The van der Waals surface area contributed by atoms with Crippen LogP contribution in [0.4, 0.5) is 10.1 Å². The van der Waals surface area contributed by atoms with Crippen LogP contribution in [-0.4, -0.2) is 21.0 Å². The number of H-pyrrole nitrogens is 1. The minimum absolute atomic E-state index is 0.340. The van der Waals surface area contributed by atoms with Crippen LogP contribution in [0.3, 0.4) is 0 Å². The van der Waals surface area contributed by atoms with Gasteiger partial charge in [-0.3, -0.25) is 20.0 Å². The normalized spacial score (nSPS) is 11.9. The van der Waals surface area contributed by atoms with Crippen LogP contribution in [0.2, 0.25) is 0 Å². The summed E-state index contributed by atoms with van der Waals surface area (Å²) < 4.78 is 13.6. The van der Waals surface area contributed by atoms with Gasteiger partial charge in [-0.25, -0.2) is 4.39 Å². The number of nitro benzene ring substituents is 1. The third kappa shape index (κ3) is 2.79. The van der Waals surface area contributed by atoms with Gasteiger partial charge >= 0.3 is 0 Å². The van der Waals surface area contributed by atoms with Crippen molar-refractivity contribution in [2.75, 3.05) is 0 Å². The molecular weight excluding hydrogens is 267 g/mol. The number of hydrogen-bond acceptors (Lipinski definition) is 4. The molecule has 2 aromatic rings. The molecule has 0 bridgehead atoms. The quantitative estimate of drug-likeness (QED) is 0.659. The molecule has 1 aromatic carbocycles. The number of halogens is 1. The van der Waals surface area contributed by atoms with Crippen LogP contribution in [0.15, 0.2) is 30.6 Å². The number of carbonyl (C=O) groups excluding carboxylic acids is 1. The molecule has 7 nitrogen and oxygen atoms in total. The fraction of sp³-hybridized carbons (Fsp3) is 0.167. The second-order valence-corrected chi connectivity index (χ2v) is 4.15. The molecule has 0 saturated carbocycles. The molecule has 0 saturated heterocycles. The summed E-state index contributed by atoms with van der Waals surface area (Å²) >= 11 is 0. The molecule has 1 unspecified atom stereocenters. The van der Waals surface area contributed by atoms with Gasteiger partial charge in [-0.2, -0.15) is 5.10 Å². The number of non-ortho nitro benzene ring substituents is 1. The van der Waals surface area contributed by atoms with Gasteiger partial charge in [-0.15, -0.1) is 0 Å². The second kappa shape index (κ2) is 5.47. The Bertz CT molecular complexity index is 642. The lowest BCUT2D eigenvalue weighted by Gasteiger charge is -2.12. The van der Waals surface area contributed by atoms with E-state index in [-0.39, 0.29) is 11.3 Å². The number of benzene rings is 1. The molecule has 0 aliphatic rings. The Balaban J connectivity index is 2.20. The van der Waals surface area contributed by atoms with Gasteiger partial charge in [0.05, 0.1) is 22.7 Å². The zero-order valence-corrected chi connectivity index (χ0v) is 10.5. The van der Waals surface area contributed by atoms with E-state index in [2.05, 4.69) is 15.5 Å². The molecule has 2 N–H and O–H groups in total. The molecule has 0 fully saturated rings. The van der Waals surface area contributed by atoms with Crippen molar-refractivity contribution >= 4 is 11.6 Å². The highest BCUT2D eigenvalue weighted by atomic mass is 19.1. The molecule has 1 atom stereocenters. The molecule has 1 amide bonds. The fourth-order valence-electron chi connectivity index (χ4n) is 1.66. The van der Waals surface area contributed by atoms with E-state index in [1.54, 1.807) is 13.1 Å². The topological polar surface area (TPSA) is 101 Å². The summed E-state index contributed by atoms with van der Waals surface area (Å²) in [5.41, 5.74) is 0.00579. The van der Waals surface area contributed by atoms with Crippen LogP contribution >= 0.6 is 0 Å². The summed E-state index contributed by atoms with van der Waals surface area (Å²) in [7, 11) is 0. The number of nitrogens with one attached hydrogen (secondary N) is 2. The van der Waals surface area contributed by atoms with Crippen molar-refractivity contribution in [3.05, 3.63) is 57.7 Å². The van der Waals surface area contributed by atoms with Crippen molar-refractivity contribution in [2.24, 2.45) is 0 Å². The van der Waals surface area contributed by atoms with Crippen LogP contribution in [0.25, 0.3) is 0 Å². The Kier molecular flexibility index (Phi) is 3.74. The standard InChI is InChI=1S/C12H11FN4O3/c1-7(8-5-14-15-6-8)16-12(18)10-4-9(17(19)20)2-3-11(10)13/h2-7H,1H3,(H,14,15)(H,16,18). The summed E-state index contributed by atoms with van der Waals surface area (Å²) in [6.45, 7) is 1.69. The van der Waals surface area contributed by atoms with Crippen molar-refractivity contribution in [3.8, 4) is 0 Å². The lowest BCUT2D eigenvalue weighted by atomic mass is 10.1. The van der Waals surface area contributed by atoms with Gasteiger partial charge in [0.2, 0.25) is 0 Å². The number of hydrogen-bond donors (Lipinski definition) is 2. The third-order valence-electron chi connectivity index (χ3n) is 2.77. The first-order chi connectivity index (χ1) is 9.49. The SMILES string of the molecule is CC(NC(=O)c1cc([N+](=O)[O-])ccc1F)c1cn[nH]c1. The molecule has 20 heavy (non-hydrogen) atoms. The van der Waals surface area contributed by atoms with Gasteiger partial charge in [0.25, 0.3) is 11.6 Å². The van der Waals surface area contributed by atoms with E-state index in [4.69, 9.17) is 0 Å². The average molecular weight is 278 g/mol. The maximum Gasteiger partial charge on any atom is 0.270 e. The molecule has 0 spiro atoms. The highest BCUT2D eigenvalue weighted by molar-refractivity contribution is 5.95. The lowest BCUT2D eigenvalue weighted by Crippen LogP contribution is -2.27. The van der Waals surface area contributed by atoms with E-state index in [0.717, 1.165) is 18.2 Å². The Morgan fingerprint density at radius 1 is 1.55 bits per heavy atom. The van der Waals surface area contributed by atoms with E-state index in [1.165, 1.54) is 6.20 Å². The van der Waals surface area contributed by atoms with Crippen molar-refractivity contribution in [3.63, 3.8) is 0 Å². The maximum absolute atomic E-state index is 13.6. The number of carbonyl (C=O) groups is 1. The number of aromatic amines is 1. The Hall–Kier alpha value is -2.77. The van der Waals surface area contributed by atoms with Crippen molar-refractivity contribution in [1.82, 2.24) is 15.5 Å². The van der Waals surface area contributed by atoms with Crippen molar-refractivity contribution < 1.29 is 14.1 Å². The minimum Gasteiger partial charge on any atom is -0.345 e. The Morgan fingerprint density at radius 3 is 2.90 bits per heavy atom. The fourth-order valence-corrected chi connectivity index (χ4v) is 1.66. The lowest BCUT2D eigenvalue weighted by molar-refractivity contribution is -0.384. The predicted molar refractivity (Wildman–Crippen MR) is 67.5 cm³/mol. The summed E-state index contributed by atoms with van der Waals surface area (Å²) in [4.78, 5) is 21.9. The molecular formula is C12H11FN4O3. The molecule has 8 heteroatoms. The molecule has 0 radical (unpaired) electrons. The van der Waals surface area contributed by atoms with E-state index < -0.39 is 22.7 Å². The minimum atomic E-state index is -0.813. The molecule has 0 aliphatic heterocycles. The zero-order valence-electron chi connectivity index (χ0n) is 10.5. The second-order valence-electron chi connectivity index (χ2n) is 4.15. The van der Waals surface area contributed by atoms with Gasteiger partial charge in [0, 0.05) is 23.9 Å². The first-order valence-corrected chi connectivity index (χ1v) is 5.72. The average Bonchev–Trinajstić information content (AvgIpc) is 2.92. The summed E-state index contributed by atoms with van der Waals surface area (Å²) in [5, 5.41) is 19.5. The Labute approximate surface area is 113 Å². The van der Waals surface area contributed by atoms with E-state index in [0.29, 0.717) is 5.56 Å². The van der Waals surface area contributed by atoms with Crippen LogP contribution < -0.4 is 5.32 Å². The van der Waals surface area contributed by atoms with Gasteiger partial charge < -0.3 is 5.32 Å². The summed E-state index contributed by atoms with van der Waals surface area (Å²) in [6.07, 6.45) is 3.11. The monoisotopic (exact) mass is 278 g/mol. The molecule has 2 rings (SSSR count). The highest BCUT2D eigenvalue weighted by Gasteiger charge is 2.19. The van der Waals surface area contributed by atoms with E-state index in [9.17, 15) is 19.3 Å². The highest BCUT2D eigenvalue weighted by Crippen LogP contribution is 2.18. The largest absolute Gasteiger partial charge is 0.345 e. The predicted octanol–water partition coefficient (Wildman–Crippen LogP) is 1.95. The summed E-state index contributed by atoms with van der Waals surface area (Å²) in [5.74, 6) is -1.53. The van der Waals surface area contributed by atoms with Crippen molar-refractivity contribution in [2.45, 2.75) is 13.0 Å². The molecule has 104 valence electrons. The van der Waals surface area contributed by atoms with E-state index in [1.807, 2.05) is 0 Å². The van der Waals surface area contributed by atoms with Crippen LogP contribution in [0.5, 0.6) is 0 Å². The van der Waals surface area contributed by atoms with Crippen LogP contribution in [-0.2, 0) is 0 Å². The number of nitro groups is 1. The maximum atomic E-state index is 13.6. The van der Waals surface area contributed by atoms with Gasteiger partial charge in [0.1, 0.15) is 5.82 Å². The number of nitrogens with zero attached hydrogens (tertiary/aromatic N) is 2. The smallest absolute Gasteiger partial charge is 0.270 e. The third-order valence-corrected chi connectivity index (χ3v) is 2.77. The van der Waals surface area contributed by atoms with Crippen LogP contribution in [0.1, 0.15) is 28.9 Å². The zero-order chi connectivity index (χ0) is 14.7. The summed E-state index contributed by atoms with van der Waals surface area (Å²) in [6, 6.07) is 2.41. The number of amides is 1. The van der Waals surface area contributed by atoms with Gasteiger partial charge in [0.15, 0.2) is 0 Å². The van der Waals surface area contributed by atoms with Gasteiger partial charge in [-0.05, 0) is 13.0 Å². The number of aromatic nitrogens is 2.